The number of para-hydroxylation sites is 1. The van der Waals surface area contributed by atoms with Crippen LogP contribution < -0.4 is 4.74 Å². The largest absolute Gasteiger partial charge is 0.465 e. The summed E-state index contributed by atoms with van der Waals surface area (Å²) in [5, 5.41) is 0. The van der Waals surface area contributed by atoms with Crippen molar-refractivity contribution in [1.82, 2.24) is 0 Å². The van der Waals surface area contributed by atoms with Gasteiger partial charge in [-0.25, -0.2) is 0 Å². The van der Waals surface area contributed by atoms with Gasteiger partial charge in [-0.2, -0.15) is 0 Å². The molecule has 0 aromatic heterocycles. The van der Waals surface area contributed by atoms with Crippen LogP contribution in [0.1, 0.15) is 13.0 Å². The predicted octanol–water partition coefficient (Wildman–Crippen LogP) is 2.77. The second-order valence-corrected chi connectivity index (χ2v) is 2.30. The SMILES string of the molecule is C.C1=COc2ccccc2C1.[Mo]. The maximum Gasteiger partial charge on any atom is 0.130 e. The van der Waals surface area contributed by atoms with Gasteiger partial charge in [-0.1, -0.05) is 25.6 Å². The molecule has 12 heavy (non-hydrogen) atoms. The first kappa shape index (κ1) is 11.4. The summed E-state index contributed by atoms with van der Waals surface area (Å²) in [5.41, 5.74) is 1.27. The molecule has 1 heterocycles. The molecule has 2 rings (SSSR count). The number of hydrogen-bond acceptors (Lipinski definition) is 1. The summed E-state index contributed by atoms with van der Waals surface area (Å²) >= 11 is 0. The quantitative estimate of drug-likeness (QED) is 0.637. The second kappa shape index (κ2) is 5.16. The van der Waals surface area contributed by atoms with Crippen LogP contribution in [-0.2, 0) is 27.5 Å². The fourth-order valence-corrected chi connectivity index (χ4v) is 1.08. The van der Waals surface area contributed by atoms with Crippen molar-refractivity contribution in [3.8, 4) is 5.75 Å². The molecule has 1 nitrogen and oxygen atoms in total. The van der Waals surface area contributed by atoms with E-state index in [-0.39, 0.29) is 28.5 Å². The van der Waals surface area contributed by atoms with Crippen molar-refractivity contribution < 1.29 is 25.8 Å². The molecule has 64 valence electrons. The third-order valence-electron chi connectivity index (χ3n) is 1.60. The monoisotopic (exact) mass is 246 g/mol. The molecular weight excluding hydrogens is 232 g/mol. The average Bonchev–Trinajstić information content (AvgIpc) is 2.05. The van der Waals surface area contributed by atoms with Crippen molar-refractivity contribution in [3.05, 3.63) is 42.2 Å². The van der Waals surface area contributed by atoms with E-state index in [1.54, 1.807) is 6.26 Å². The van der Waals surface area contributed by atoms with E-state index in [4.69, 9.17) is 4.74 Å². The summed E-state index contributed by atoms with van der Waals surface area (Å²) in [5.74, 6) is 0.991. The number of fused-ring (bicyclic) bond motifs is 1. The molecule has 0 spiro atoms. The molecule has 2 heteroatoms. The van der Waals surface area contributed by atoms with E-state index in [0.717, 1.165) is 12.2 Å². The fourth-order valence-electron chi connectivity index (χ4n) is 1.08. The summed E-state index contributed by atoms with van der Waals surface area (Å²) in [6.07, 6.45) is 4.75. The first-order valence-electron chi connectivity index (χ1n) is 3.36. The molecule has 0 unspecified atom stereocenters. The summed E-state index contributed by atoms with van der Waals surface area (Å²) in [4.78, 5) is 0. The minimum absolute atomic E-state index is 0. The predicted molar refractivity (Wildman–Crippen MR) is 46.6 cm³/mol. The maximum atomic E-state index is 5.24. The smallest absolute Gasteiger partial charge is 0.130 e. The van der Waals surface area contributed by atoms with Crippen molar-refractivity contribution in [2.45, 2.75) is 13.8 Å². The Kier molecular flexibility index (Phi) is 4.92. The van der Waals surface area contributed by atoms with Crippen LogP contribution in [0.3, 0.4) is 0 Å². The molecule has 0 bridgehead atoms. The van der Waals surface area contributed by atoms with Crippen molar-refractivity contribution >= 4 is 0 Å². The molecule has 1 aromatic rings. The molecule has 0 aliphatic carbocycles. The van der Waals surface area contributed by atoms with Crippen molar-refractivity contribution in [1.29, 1.82) is 0 Å². The first-order chi connectivity index (χ1) is 4.97. The fraction of sp³-hybridized carbons (Fsp3) is 0.200. The van der Waals surface area contributed by atoms with E-state index in [1.165, 1.54) is 5.56 Å². The van der Waals surface area contributed by atoms with Gasteiger partial charge < -0.3 is 4.74 Å². The van der Waals surface area contributed by atoms with E-state index in [1.807, 2.05) is 24.3 Å². The molecule has 0 amide bonds. The first-order valence-corrected chi connectivity index (χ1v) is 3.36. The van der Waals surface area contributed by atoms with Gasteiger partial charge >= 0.3 is 0 Å². The molecule has 0 radical (unpaired) electrons. The van der Waals surface area contributed by atoms with Gasteiger partial charge in [0.1, 0.15) is 5.75 Å². The Morgan fingerprint density at radius 2 is 1.92 bits per heavy atom. The zero-order chi connectivity index (χ0) is 6.81. The van der Waals surface area contributed by atoms with Crippen molar-refractivity contribution in [3.63, 3.8) is 0 Å². The average molecular weight is 244 g/mol. The van der Waals surface area contributed by atoms with Crippen LogP contribution in [0.15, 0.2) is 36.6 Å². The van der Waals surface area contributed by atoms with Gasteiger partial charge in [-0.3, -0.25) is 0 Å². The van der Waals surface area contributed by atoms with Gasteiger partial charge in [-0.15, -0.1) is 0 Å². The Labute approximate surface area is 87.7 Å². The maximum absolute atomic E-state index is 5.24. The number of allylic oxidation sites excluding steroid dienone is 1. The van der Waals surface area contributed by atoms with Crippen LogP contribution in [0.2, 0.25) is 0 Å². The van der Waals surface area contributed by atoms with Crippen molar-refractivity contribution in [2.75, 3.05) is 0 Å². The molecule has 1 aliphatic rings. The van der Waals surface area contributed by atoms with E-state index in [0.29, 0.717) is 0 Å². The molecule has 0 fully saturated rings. The standard InChI is InChI=1S/C9H8O.CH4.Mo/c1-2-6-9-8(4-1)5-3-7-10-9;;/h1-4,6-7H,5H2;1H4;. The molecule has 0 N–H and O–H groups in total. The van der Waals surface area contributed by atoms with Crippen LogP contribution >= 0.6 is 0 Å². The summed E-state index contributed by atoms with van der Waals surface area (Å²) in [6, 6.07) is 8.08. The van der Waals surface area contributed by atoms with Crippen LogP contribution in [-0.4, -0.2) is 0 Å². The molecule has 0 atom stereocenters. The Morgan fingerprint density at radius 1 is 1.17 bits per heavy atom. The van der Waals surface area contributed by atoms with E-state index < -0.39 is 0 Å². The summed E-state index contributed by atoms with van der Waals surface area (Å²) < 4.78 is 5.24. The van der Waals surface area contributed by atoms with Crippen LogP contribution in [0.5, 0.6) is 5.75 Å². The third-order valence-corrected chi connectivity index (χ3v) is 1.60. The van der Waals surface area contributed by atoms with Gasteiger partial charge in [0.2, 0.25) is 0 Å². The van der Waals surface area contributed by atoms with Crippen LogP contribution in [0.25, 0.3) is 0 Å². The van der Waals surface area contributed by atoms with Crippen molar-refractivity contribution in [2.24, 2.45) is 0 Å². The summed E-state index contributed by atoms with van der Waals surface area (Å²) in [7, 11) is 0. The Hall–Kier alpha value is -0.552. The topological polar surface area (TPSA) is 9.23 Å². The normalized spacial score (nSPS) is 11.7. The van der Waals surface area contributed by atoms with Gasteiger partial charge in [0, 0.05) is 21.1 Å². The second-order valence-electron chi connectivity index (χ2n) is 2.30. The molecule has 0 saturated heterocycles. The van der Waals surface area contributed by atoms with Gasteiger partial charge in [0.05, 0.1) is 6.26 Å². The minimum Gasteiger partial charge on any atom is -0.465 e. The van der Waals surface area contributed by atoms with Gasteiger partial charge in [0.25, 0.3) is 0 Å². The zero-order valence-electron chi connectivity index (χ0n) is 5.99. The number of rotatable bonds is 0. The number of benzene rings is 1. The Morgan fingerprint density at radius 3 is 2.67 bits per heavy atom. The van der Waals surface area contributed by atoms with E-state index >= 15 is 0 Å². The Balaban J connectivity index is 0.000000605. The molecule has 1 aromatic carbocycles. The molecule has 1 aliphatic heterocycles. The summed E-state index contributed by atoms with van der Waals surface area (Å²) in [6.45, 7) is 0. The Bertz CT molecular complexity index is 241. The van der Waals surface area contributed by atoms with E-state index in [9.17, 15) is 0 Å². The molecule has 0 saturated carbocycles. The zero-order valence-corrected chi connectivity index (χ0v) is 7.99. The van der Waals surface area contributed by atoms with Crippen LogP contribution in [0.4, 0.5) is 0 Å². The van der Waals surface area contributed by atoms with Crippen LogP contribution in [0, 0.1) is 0 Å². The number of ether oxygens (including phenoxy) is 1. The van der Waals surface area contributed by atoms with Gasteiger partial charge in [0.15, 0.2) is 0 Å². The minimum atomic E-state index is 0. The van der Waals surface area contributed by atoms with E-state index in [2.05, 4.69) is 6.07 Å². The molecular formula is C10H12MoO. The van der Waals surface area contributed by atoms with Gasteiger partial charge in [-0.05, 0) is 24.1 Å². The number of hydrogen-bond donors (Lipinski definition) is 0. The third kappa shape index (κ3) is 2.22.